The van der Waals surface area contributed by atoms with Gasteiger partial charge in [-0.1, -0.05) is 13.8 Å². The molecule has 0 aliphatic carbocycles. The quantitative estimate of drug-likeness (QED) is 0.818. The zero-order chi connectivity index (χ0) is 17.1. The average Bonchev–Trinajstić information content (AvgIpc) is 2.96. The van der Waals surface area contributed by atoms with Gasteiger partial charge >= 0.3 is 0 Å². The molecule has 132 valence electrons. The van der Waals surface area contributed by atoms with Crippen LogP contribution in [0.5, 0.6) is 0 Å². The van der Waals surface area contributed by atoms with Crippen molar-refractivity contribution >= 4 is 5.91 Å². The van der Waals surface area contributed by atoms with E-state index in [-0.39, 0.29) is 30.6 Å². The van der Waals surface area contributed by atoms with Crippen LogP contribution in [0.1, 0.15) is 48.8 Å². The number of nitrogens with one attached hydrogen (secondary N) is 1. The first-order chi connectivity index (χ1) is 11.6. The van der Waals surface area contributed by atoms with Crippen molar-refractivity contribution in [3.63, 3.8) is 0 Å². The summed E-state index contributed by atoms with van der Waals surface area (Å²) >= 11 is 0. The average molecular weight is 334 g/mol. The molecule has 24 heavy (non-hydrogen) atoms. The number of amides is 1. The topological polar surface area (TPSA) is 87.6 Å². The van der Waals surface area contributed by atoms with E-state index in [2.05, 4.69) is 20.2 Å². The van der Waals surface area contributed by atoms with Crippen molar-refractivity contribution in [3.05, 3.63) is 23.8 Å². The van der Waals surface area contributed by atoms with Gasteiger partial charge in [-0.3, -0.25) is 9.69 Å². The van der Waals surface area contributed by atoms with Crippen molar-refractivity contribution in [2.75, 3.05) is 26.3 Å². The summed E-state index contributed by atoms with van der Waals surface area (Å²) < 4.78 is 5.77. The molecule has 0 radical (unpaired) electrons. The molecule has 0 unspecified atom stereocenters. The van der Waals surface area contributed by atoms with Crippen molar-refractivity contribution in [1.29, 1.82) is 0 Å². The second-order valence-electron chi connectivity index (χ2n) is 6.97. The molecule has 2 fully saturated rings. The van der Waals surface area contributed by atoms with Crippen LogP contribution in [0.2, 0.25) is 0 Å². The molecule has 0 spiro atoms. The normalized spacial score (nSPS) is 27.2. The van der Waals surface area contributed by atoms with E-state index in [1.807, 2.05) is 13.8 Å². The Bertz CT molecular complexity index is 563. The van der Waals surface area contributed by atoms with Crippen LogP contribution in [0.15, 0.2) is 12.4 Å². The van der Waals surface area contributed by atoms with Gasteiger partial charge in [0.2, 0.25) is 0 Å². The third-order valence-electron chi connectivity index (χ3n) is 4.73. The van der Waals surface area contributed by atoms with Crippen LogP contribution in [0, 0.1) is 0 Å². The Morgan fingerprint density at radius 3 is 2.83 bits per heavy atom. The molecule has 3 heterocycles. The van der Waals surface area contributed by atoms with E-state index in [1.54, 1.807) is 12.4 Å². The third-order valence-corrected chi connectivity index (χ3v) is 4.73. The predicted molar refractivity (Wildman–Crippen MR) is 88.8 cm³/mol. The zero-order valence-corrected chi connectivity index (χ0v) is 14.3. The molecule has 1 aromatic heterocycles. The maximum absolute atomic E-state index is 12.4. The highest BCUT2D eigenvalue weighted by Crippen LogP contribution is 2.24. The molecule has 0 saturated carbocycles. The fourth-order valence-corrected chi connectivity index (χ4v) is 3.39. The van der Waals surface area contributed by atoms with E-state index in [9.17, 15) is 4.79 Å². The van der Waals surface area contributed by atoms with Gasteiger partial charge in [0.15, 0.2) is 0 Å². The summed E-state index contributed by atoms with van der Waals surface area (Å²) in [7, 11) is 0. The highest BCUT2D eigenvalue weighted by atomic mass is 16.5. The minimum atomic E-state index is -0.122. The van der Waals surface area contributed by atoms with Gasteiger partial charge in [0.25, 0.3) is 5.91 Å². The Kier molecular flexibility index (Phi) is 5.43. The fourth-order valence-electron chi connectivity index (χ4n) is 3.39. The van der Waals surface area contributed by atoms with E-state index < -0.39 is 0 Å². The number of rotatable bonds is 5. The summed E-state index contributed by atoms with van der Waals surface area (Å²) in [5.41, 5.74) is 0.499. The lowest BCUT2D eigenvalue weighted by molar-refractivity contribution is -0.0566. The molecule has 1 amide bonds. The summed E-state index contributed by atoms with van der Waals surface area (Å²) in [5, 5.41) is 12.1. The van der Waals surface area contributed by atoms with E-state index in [4.69, 9.17) is 9.84 Å². The second kappa shape index (κ2) is 7.55. The van der Waals surface area contributed by atoms with Crippen LogP contribution in [0.4, 0.5) is 0 Å². The Morgan fingerprint density at radius 2 is 2.17 bits per heavy atom. The zero-order valence-electron chi connectivity index (χ0n) is 14.3. The molecule has 2 N–H and O–H groups in total. The number of aliphatic hydroxyl groups is 1. The summed E-state index contributed by atoms with van der Waals surface area (Å²) in [6, 6.07) is 0.466. The Labute approximate surface area is 142 Å². The molecule has 2 aliphatic rings. The largest absolute Gasteiger partial charge is 0.396 e. The molecular weight excluding hydrogens is 308 g/mol. The van der Waals surface area contributed by atoms with Crippen molar-refractivity contribution in [1.82, 2.24) is 20.2 Å². The number of hydrogen-bond acceptors (Lipinski definition) is 6. The number of carbonyl (C=O) groups is 1. The lowest BCUT2D eigenvalue weighted by Crippen LogP contribution is -2.46. The molecular formula is C17H26N4O3. The predicted octanol–water partition coefficient (Wildman–Crippen LogP) is 0.554. The molecule has 3 rings (SSSR count). The molecule has 2 saturated heterocycles. The Hall–Kier alpha value is -1.57. The SMILES string of the molecule is CC(C)c1ncc(C(=O)N[C@H]2C[C@H]3CO[C@@H](CCO)CN3C2)cn1. The smallest absolute Gasteiger partial charge is 0.254 e. The lowest BCUT2D eigenvalue weighted by Gasteiger charge is -2.34. The second-order valence-corrected chi connectivity index (χ2v) is 6.97. The van der Waals surface area contributed by atoms with E-state index in [1.165, 1.54) is 0 Å². The molecule has 3 atom stereocenters. The minimum absolute atomic E-state index is 0.0951. The number of aliphatic hydroxyl groups excluding tert-OH is 1. The van der Waals surface area contributed by atoms with Gasteiger partial charge in [-0.15, -0.1) is 0 Å². The number of nitrogens with zero attached hydrogens (tertiary/aromatic N) is 3. The number of carbonyl (C=O) groups excluding carboxylic acids is 1. The third kappa shape index (κ3) is 3.91. The fraction of sp³-hybridized carbons (Fsp3) is 0.706. The van der Waals surface area contributed by atoms with Gasteiger partial charge in [0.1, 0.15) is 5.82 Å². The minimum Gasteiger partial charge on any atom is -0.396 e. The molecule has 7 heteroatoms. The van der Waals surface area contributed by atoms with Crippen molar-refractivity contribution in [2.24, 2.45) is 0 Å². The van der Waals surface area contributed by atoms with Crippen molar-refractivity contribution in [3.8, 4) is 0 Å². The van der Waals surface area contributed by atoms with Crippen LogP contribution in [0.25, 0.3) is 0 Å². The number of aromatic nitrogens is 2. The summed E-state index contributed by atoms with van der Waals surface area (Å²) in [4.78, 5) is 23.2. The highest BCUT2D eigenvalue weighted by Gasteiger charge is 2.37. The maximum atomic E-state index is 12.4. The van der Waals surface area contributed by atoms with Gasteiger partial charge in [-0.25, -0.2) is 9.97 Å². The van der Waals surface area contributed by atoms with Gasteiger partial charge in [0.05, 0.1) is 18.3 Å². The maximum Gasteiger partial charge on any atom is 0.254 e. The van der Waals surface area contributed by atoms with Gasteiger partial charge in [-0.05, 0) is 12.8 Å². The first-order valence-electron chi connectivity index (χ1n) is 8.66. The number of morpholine rings is 1. The lowest BCUT2D eigenvalue weighted by atomic mass is 10.1. The van der Waals surface area contributed by atoms with Gasteiger partial charge in [0, 0.05) is 50.1 Å². The van der Waals surface area contributed by atoms with Gasteiger partial charge in [-0.2, -0.15) is 0 Å². The van der Waals surface area contributed by atoms with E-state index >= 15 is 0 Å². The standard InChI is InChI=1S/C17H26N4O3/c1-11(2)16-18-6-12(7-19-16)17(23)20-13-5-14-10-24-15(3-4-22)9-21(14)8-13/h6-7,11,13-15,22H,3-5,8-10H2,1-2H3,(H,20,23)/t13-,14-,15-/m0/s1. The molecule has 7 nitrogen and oxygen atoms in total. The number of ether oxygens (including phenoxy) is 1. The van der Waals surface area contributed by atoms with Crippen LogP contribution >= 0.6 is 0 Å². The molecule has 0 bridgehead atoms. The summed E-state index contributed by atoms with van der Waals surface area (Å²) in [6.45, 7) is 6.52. The van der Waals surface area contributed by atoms with E-state index in [0.29, 0.717) is 24.6 Å². The first kappa shape index (κ1) is 17.3. The monoisotopic (exact) mass is 334 g/mol. The van der Waals surface area contributed by atoms with Gasteiger partial charge < -0.3 is 15.2 Å². The molecule has 0 aromatic carbocycles. The van der Waals surface area contributed by atoms with Crippen molar-refractivity contribution in [2.45, 2.75) is 50.8 Å². The highest BCUT2D eigenvalue weighted by molar-refractivity contribution is 5.93. The van der Waals surface area contributed by atoms with Crippen LogP contribution in [0.3, 0.4) is 0 Å². The summed E-state index contributed by atoms with van der Waals surface area (Å²) in [6.07, 6.45) is 4.85. The summed E-state index contributed by atoms with van der Waals surface area (Å²) in [5.74, 6) is 0.874. The number of fused-ring (bicyclic) bond motifs is 1. The van der Waals surface area contributed by atoms with Crippen LogP contribution in [-0.2, 0) is 4.74 Å². The van der Waals surface area contributed by atoms with Crippen LogP contribution < -0.4 is 5.32 Å². The van der Waals surface area contributed by atoms with Crippen LogP contribution in [-0.4, -0.2) is 70.4 Å². The molecule has 2 aliphatic heterocycles. The van der Waals surface area contributed by atoms with Crippen molar-refractivity contribution < 1.29 is 14.6 Å². The Morgan fingerprint density at radius 1 is 1.42 bits per heavy atom. The molecule has 1 aromatic rings. The Balaban J connectivity index is 1.54. The first-order valence-corrected chi connectivity index (χ1v) is 8.66. The van der Waals surface area contributed by atoms with E-state index in [0.717, 1.165) is 25.3 Å². The number of hydrogen-bond donors (Lipinski definition) is 2.